The van der Waals surface area contributed by atoms with Gasteiger partial charge < -0.3 is 20.1 Å². The summed E-state index contributed by atoms with van der Waals surface area (Å²) in [6, 6.07) is 4.88. The van der Waals surface area contributed by atoms with Crippen LogP contribution in [0.5, 0.6) is 11.6 Å². The summed E-state index contributed by atoms with van der Waals surface area (Å²) >= 11 is 8.34. The Labute approximate surface area is 230 Å². The Kier molecular flexibility index (Phi) is 10.3. The maximum atomic E-state index is 13.5. The van der Waals surface area contributed by atoms with E-state index in [9.17, 15) is 18.0 Å². The molecule has 0 fully saturated rings. The number of fused-ring (bicyclic) bond motifs is 1. The van der Waals surface area contributed by atoms with Crippen molar-refractivity contribution >= 4 is 51.7 Å². The Balaban J connectivity index is 0.00000186. The molecule has 1 atom stereocenters. The van der Waals surface area contributed by atoms with Gasteiger partial charge in [0.05, 0.1) is 42.7 Å². The van der Waals surface area contributed by atoms with E-state index in [0.29, 0.717) is 29.9 Å². The van der Waals surface area contributed by atoms with E-state index in [1.54, 1.807) is 0 Å². The van der Waals surface area contributed by atoms with Crippen molar-refractivity contribution in [2.45, 2.75) is 33.0 Å². The van der Waals surface area contributed by atoms with E-state index in [1.165, 1.54) is 28.8 Å². The summed E-state index contributed by atoms with van der Waals surface area (Å²) in [6.07, 6.45) is -2.69. The van der Waals surface area contributed by atoms with Gasteiger partial charge in [0.1, 0.15) is 10.8 Å². The number of benzene rings is 1. The van der Waals surface area contributed by atoms with E-state index in [0.717, 1.165) is 6.07 Å². The van der Waals surface area contributed by atoms with Crippen molar-refractivity contribution < 1.29 is 23.0 Å². The second-order valence-electron chi connectivity index (χ2n) is 7.34. The van der Waals surface area contributed by atoms with Crippen LogP contribution >= 0.6 is 40.0 Å². The van der Waals surface area contributed by atoms with Gasteiger partial charge in [0.15, 0.2) is 0 Å². The number of halogens is 5. The molecule has 0 saturated heterocycles. The van der Waals surface area contributed by atoms with Crippen molar-refractivity contribution in [1.29, 1.82) is 0 Å². The Hall–Kier alpha value is -2.22. The first-order valence-electron chi connectivity index (χ1n) is 11.2. The number of alkyl halides is 3. The van der Waals surface area contributed by atoms with E-state index in [-0.39, 0.29) is 48.7 Å². The number of aromatic nitrogens is 4. The number of anilines is 2. The zero-order chi connectivity index (χ0) is 27.2. The van der Waals surface area contributed by atoms with Gasteiger partial charge >= 0.3 is 6.18 Å². The number of aliphatic hydroxyl groups excluding tert-OH is 1. The topological polar surface area (TPSA) is 105 Å². The molecule has 15 heteroatoms. The van der Waals surface area contributed by atoms with Crippen molar-refractivity contribution in [2.75, 3.05) is 29.9 Å². The van der Waals surface area contributed by atoms with Crippen LogP contribution in [0, 0.1) is 0 Å². The van der Waals surface area contributed by atoms with Gasteiger partial charge in [-0.3, -0.25) is 4.79 Å². The van der Waals surface area contributed by atoms with Crippen LogP contribution in [-0.4, -0.2) is 44.3 Å². The molecule has 3 aromatic rings. The van der Waals surface area contributed by atoms with Gasteiger partial charge in [-0.15, -0.1) is 0 Å². The van der Waals surface area contributed by atoms with Crippen LogP contribution in [0.15, 0.2) is 35.3 Å². The molecule has 200 valence electrons. The van der Waals surface area contributed by atoms with E-state index in [2.05, 4.69) is 20.4 Å². The van der Waals surface area contributed by atoms with Crippen molar-refractivity contribution in [1.82, 2.24) is 19.5 Å². The zero-order valence-corrected chi connectivity index (χ0v) is 23.7. The third-order valence-corrected chi connectivity index (χ3v) is 7.35. The van der Waals surface area contributed by atoms with Crippen molar-refractivity contribution in [3.8, 4) is 11.6 Å². The Bertz CT molecular complexity index is 1300. The van der Waals surface area contributed by atoms with Gasteiger partial charge in [-0.1, -0.05) is 37.6 Å². The van der Waals surface area contributed by atoms with E-state index >= 15 is 0 Å². The highest BCUT2D eigenvalue weighted by Gasteiger charge is 2.35. The minimum atomic E-state index is -4.61. The van der Waals surface area contributed by atoms with E-state index in [4.69, 9.17) is 21.4 Å². The SMILES string of the molecule is CC.O=c1c(Cl)c(N2CCc3c(nc(NCCO)nc3Oc3ccccc3C(F)(F)F)C2)cnn1PI. The summed E-state index contributed by atoms with van der Waals surface area (Å²) in [7, 11) is 0. The molecule has 37 heavy (non-hydrogen) atoms. The monoisotopic (exact) mass is 670 g/mol. The number of para-hydroxylation sites is 1. The Morgan fingerprint density at radius 1 is 1.27 bits per heavy atom. The molecule has 0 spiro atoms. The summed E-state index contributed by atoms with van der Waals surface area (Å²) in [6.45, 7) is 4.51. The molecule has 1 aromatic carbocycles. The van der Waals surface area contributed by atoms with Crippen LogP contribution in [0.1, 0.15) is 30.7 Å². The number of rotatable bonds is 7. The molecule has 0 aliphatic carbocycles. The minimum absolute atomic E-state index is 0.0162. The normalized spacial score (nSPS) is 13.2. The zero-order valence-electron chi connectivity index (χ0n) is 19.8. The highest BCUT2D eigenvalue weighted by atomic mass is 127. The Morgan fingerprint density at radius 3 is 2.68 bits per heavy atom. The molecule has 4 rings (SSSR count). The largest absolute Gasteiger partial charge is 0.438 e. The maximum absolute atomic E-state index is 13.5. The van der Waals surface area contributed by atoms with Crippen LogP contribution in [0.4, 0.5) is 24.8 Å². The van der Waals surface area contributed by atoms with E-state index in [1.807, 2.05) is 40.8 Å². The first-order valence-corrected chi connectivity index (χ1v) is 15.6. The third-order valence-electron chi connectivity index (χ3n) is 5.14. The fraction of sp³-hybridized carbons (Fsp3) is 0.364. The summed E-state index contributed by atoms with van der Waals surface area (Å²) in [5, 5.41) is 16.1. The fourth-order valence-corrected chi connectivity index (χ4v) is 5.17. The van der Waals surface area contributed by atoms with Crippen LogP contribution in [-0.2, 0) is 19.1 Å². The lowest BCUT2D eigenvalue weighted by molar-refractivity contribution is -0.138. The molecule has 2 aromatic heterocycles. The van der Waals surface area contributed by atoms with Crippen LogP contribution < -0.4 is 20.5 Å². The quantitative estimate of drug-likeness (QED) is 0.259. The molecular weight excluding hydrogens is 647 g/mol. The second kappa shape index (κ2) is 13.0. The molecule has 3 heterocycles. The minimum Gasteiger partial charge on any atom is -0.438 e. The second-order valence-corrected chi connectivity index (χ2v) is 9.76. The molecular formula is C22H24ClF3IN6O3P. The van der Waals surface area contributed by atoms with Crippen LogP contribution in [0.2, 0.25) is 5.02 Å². The molecule has 1 aliphatic rings. The van der Waals surface area contributed by atoms with Crippen molar-refractivity contribution in [3.63, 3.8) is 0 Å². The van der Waals surface area contributed by atoms with Gasteiger partial charge in [0.2, 0.25) is 11.8 Å². The summed E-state index contributed by atoms with van der Waals surface area (Å²) in [5.74, 6) is -0.311. The fourth-order valence-electron chi connectivity index (χ4n) is 3.53. The van der Waals surface area contributed by atoms with Crippen LogP contribution in [0.25, 0.3) is 0 Å². The molecule has 0 bridgehead atoms. The Morgan fingerprint density at radius 2 is 2.00 bits per heavy atom. The summed E-state index contributed by atoms with van der Waals surface area (Å²) in [5.41, 5.74) is 0.121. The first kappa shape index (κ1) is 29.3. The number of nitrogens with zero attached hydrogens (tertiary/aromatic N) is 5. The van der Waals surface area contributed by atoms with Gasteiger partial charge in [-0.2, -0.15) is 23.3 Å². The molecule has 0 radical (unpaired) electrons. The highest BCUT2D eigenvalue weighted by molar-refractivity contribution is 14.2. The summed E-state index contributed by atoms with van der Waals surface area (Å²) < 4.78 is 47.4. The number of hydrogen-bond donors (Lipinski definition) is 2. The molecule has 9 nitrogen and oxygen atoms in total. The molecule has 1 aliphatic heterocycles. The highest BCUT2D eigenvalue weighted by Crippen LogP contribution is 2.39. The summed E-state index contributed by atoms with van der Waals surface area (Å²) in [4.78, 5) is 23.0. The maximum Gasteiger partial charge on any atom is 0.419 e. The first-order chi connectivity index (χ1) is 17.7. The van der Waals surface area contributed by atoms with Crippen LogP contribution in [0.3, 0.4) is 0 Å². The molecule has 0 saturated carbocycles. The average Bonchev–Trinajstić information content (AvgIpc) is 2.89. The number of aliphatic hydroxyl groups is 1. The number of ether oxygens (including phenoxy) is 1. The predicted octanol–water partition coefficient (Wildman–Crippen LogP) is 5.28. The number of hydrogen-bond acceptors (Lipinski definition) is 8. The lowest BCUT2D eigenvalue weighted by atomic mass is 10.1. The standard InChI is InChI=1S/C20H18ClF3IN6O3P.C2H6/c21-16-14(9-27-31(35-25)18(16)33)30-7-5-11-13(10-30)28-19(26-6-8-32)29-17(11)34-15-4-2-1-3-12(15)20(22,23)24;1-2/h1-4,9,32,35H,5-8,10H2,(H,26,28,29);1-2H3. The lowest BCUT2D eigenvalue weighted by Gasteiger charge is -2.31. The predicted molar refractivity (Wildman–Crippen MR) is 146 cm³/mol. The molecule has 0 amide bonds. The van der Waals surface area contributed by atoms with Crippen molar-refractivity contribution in [3.05, 3.63) is 62.7 Å². The third kappa shape index (κ3) is 6.81. The van der Waals surface area contributed by atoms with Gasteiger partial charge in [0.25, 0.3) is 5.56 Å². The van der Waals surface area contributed by atoms with E-state index < -0.39 is 17.3 Å². The lowest BCUT2D eigenvalue weighted by Crippen LogP contribution is -2.34. The van der Waals surface area contributed by atoms with Gasteiger partial charge in [0, 0.05) is 18.7 Å². The van der Waals surface area contributed by atoms with Gasteiger partial charge in [-0.05, 0) is 40.6 Å². The molecule has 1 unspecified atom stereocenters. The number of nitrogens with one attached hydrogen (secondary N) is 1. The average molecular weight is 671 g/mol. The molecule has 2 N–H and O–H groups in total. The smallest absolute Gasteiger partial charge is 0.419 e. The van der Waals surface area contributed by atoms with Crippen molar-refractivity contribution in [2.24, 2.45) is 0 Å². The van der Waals surface area contributed by atoms with Gasteiger partial charge in [-0.25, -0.2) is 9.44 Å².